The molecule has 30 heavy (non-hydrogen) atoms. The highest BCUT2D eigenvalue weighted by Crippen LogP contribution is 2.29. The third-order valence-corrected chi connectivity index (χ3v) is 4.47. The standard InChI is InChI=1S/C23H18FN3O3/c24-16-10-12-17(13-11-16)26-23(29)27-21-20(25-14-15-6-2-1-3-7-15)18-8-4-5-9-19(18)30-22(21)28/h1-13,25H,14H2,(H2,26,27,29). The number of fused-ring (bicyclic) bond motifs is 1. The van der Waals surface area contributed by atoms with E-state index in [9.17, 15) is 14.0 Å². The highest BCUT2D eigenvalue weighted by Gasteiger charge is 2.17. The molecule has 0 aliphatic rings. The van der Waals surface area contributed by atoms with E-state index in [4.69, 9.17) is 4.42 Å². The minimum Gasteiger partial charge on any atom is -0.421 e. The SMILES string of the molecule is O=C(Nc1ccc(F)cc1)Nc1c(NCc2ccccc2)c2ccccc2oc1=O. The lowest BCUT2D eigenvalue weighted by Crippen LogP contribution is -2.24. The summed E-state index contributed by atoms with van der Waals surface area (Å²) < 4.78 is 18.4. The van der Waals surface area contributed by atoms with Crippen molar-refractivity contribution >= 4 is 34.1 Å². The summed E-state index contributed by atoms with van der Waals surface area (Å²) in [6, 6.07) is 21.4. The number of hydrogen-bond donors (Lipinski definition) is 3. The zero-order valence-corrected chi connectivity index (χ0v) is 15.8. The summed E-state index contributed by atoms with van der Waals surface area (Å²) in [5, 5.41) is 9.02. The molecular weight excluding hydrogens is 385 g/mol. The molecule has 0 spiro atoms. The molecule has 4 rings (SSSR count). The molecule has 7 heteroatoms. The summed E-state index contributed by atoms with van der Waals surface area (Å²) in [6.07, 6.45) is 0. The number of rotatable bonds is 5. The summed E-state index contributed by atoms with van der Waals surface area (Å²) in [5.41, 5.74) is 1.57. The van der Waals surface area contributed by atoms with Gasteiger partial charge in [0.2, 0.25) is 0 Å². The fourth-order valence-corrected chi connectivity index (χ4v) is 3.04. The van der Waals surface area contributed by atoms with E-state index < -0.39 is 17.5 Å². The van der Waals surface area contributed by atoms with Crippen molar-refractivity contribution in [2.75, 3.05) is 16.0 Å². The van der Waals surface area contributed by atoms with Gasteiger partial charge < -0.3 is 15.1 Å². The zero-order valence-electron chi connectivity index (χ0n) is 15.8. The molecule has 1 aromatic heterocycles. The first kappa shape index (κ1) is 19.2. The molecule has 0 aliphatic heterocycles. The van der Waals surface area contributed by atoms with Crippen LogP contribution in [-0.2, 0) is 6.54 Å². The third kappa shape index (κ3) is 4.30. The molecule has 3 aromatic carbocycles. The average molecular weight is 403 g/mol. The smallest absolute Gasteiger partial charge is 0.362 e. The van der Waals surface area contributed by atoms with Gasteiger partial charge in [-0.05, 0) is 42.0 Å². The van der Waals surface area contributed by atoms with Gasteiger partial charge in [0.25, 0.3) is 0 Å². The number of nitrogens with one attached hydrogen (secondary N) is 3. The molecule has 0 radical (unpaired) electrons. The van der Waals surface area contributed by atoms with Crippen molar-refractivity contribution in [1.82, 2.24) is 0 Å². The molecule has 3 N–H and O–H groups in total. The molecule has 0 saturated heterocycles. The van der Waals surface area contributed by atoms with Crippen LogP contribution in [0.1, 0.15) is 5.56 Å². The Labute approximate surface area is 171 Å². The molecule has 1 heterocycles. The molecular formula is C23H18FN3O3. The molecule has 0 saturated carbocycles. The molecule has 150 valence electrons. The molecule has 6 nitrogen and oxygen atoms in total. The summed E-state index contributed by atoms with van der Waals surface area (Å²) in [4.78, 5) is 25.1. The maximum absolute atomic E-state index is 13.1. The monoisotopic (exact) mass is 403 g/mol. The Bertz CT molecular complexity index is 1240. The first-order chi connectivity index (χ1) is 14.6. The van der Waals surface area contributed by atoms with Gasteiger partial charge in [0.05, 0.1) is 5.69 Å². The number of carbonyl (C=O) groups is 1. The number of benzene rings is 3. The summed E-state index contributed by atoms with van der Waals surface area (Å²) in [7, 11) is 0. The Morgan fingerprint density at radius 1 is 0.833 bits per heavy atom. The second kappa shape index (κ2) is 8.48. The number of para-hydroxylation sites is 1. The lowest BCUT2D eigenvalue weighted by molar-refractivity contribution is 0.262. The maximum Gasteiger partial charge on any atom is 0.362 e. The van der Waals surface area contributed by atoms with Crippen molar-refractivity contribution in [3.63, 3.8) is 0 Å². The Balaban J connectivity index is 1.65. The van der Waals surface area contributed by atoms with Crippen molar-refractivity contribution in [2.45, 2.75) is 6.54 Å². The van der Waals surface area contributed by atoms with Crippen LogP contribution in [0, 0.1) is 5.82 Å². The first-order valence-electron chi connectivity index (χ1n) is 9.27. The second-order valence-electron chi connectivity index (χ2n) is 6.56. The maximum atomic E-state index is 13.1. The van der Waals surface area contributed by atoms with Gasteiger partial charge in [0, 0.05) is 17.6 Å². The van der Waals surface area contributed by atoms with Crippen molar-refractivity contribution in [1.29, 1.82) is 0 Å². The van der Waals surface area contributed by atoms with Crippen LogP contribution in [-0.4, -0.2) is 6.03 Å². The number of amides is 2. The quantitative estimate of drug-likeness (QED) is 0.401. The van der Waals surface area contributed by atoms with Crippen molar-refractivity contribution in [3.05, 3.63) is 101 Å². The highest BCUT2D eigenvalue weighted by molar-refractivity contribution is 6.05. The van der Waals surface area contributed by atoms with E-state index >= 15 is 0 Å². The van der Waals surface area contributed by atoms with Crippen LogP contribution in [0.4, 0.5) is 26.2 Å². The van der Waals surface area contributed by atoms with Gasteiger partial charge in [-0.25, -0.2) is 14.0 Å². The van der Waals surface area contributed by atoms with Crippen LogP contribution >= 0.6 is 0 Å². The van der Waals surface area contributed by atoms with Gasteiger partial charge in [-0.3, -0.25) is 5.32 Å². The van der Waals surface area contributed by atoms with Gasteiger partial charge in [-0.1, -0.05) is 42.5 Å². The average Bonchev–Trinajstić information content (AvgIpc) is 2.76. The van der Waals surface area contributed by atoms with Gasteiger partial charge in [-0.15, -0.1) is 0 Å². The molecule has 0 fully saturated rings. The minimum absolute atomic E-state index is 0.00996. The van der Waals surface area contributed by atoms with Gasteiger partial charge in [-0.2, -0.15) is 0 Å². The number of halogens is 1. The van der Waals surface area contributed by atoms with E-state index in [1.807, 2.05) is 36.4 Å². The van der Waals surface area contributed by atoms with Crippen molar-refractivity contribution in [3.8, 4) is 0 Å². The molecule has 0 unspecified atom stereocenters. The Kier molecular flexibility index (Phi) is 5.43. The molecule has 2 amide bonds. The number of carbonyl (C=O) groups excluding carboxylic acids is 1. The van der Waals surface area contributed by atoms with E-state index in [2.05, 4.69) is 16.0 Å². The summed E-state index contributed by atoms with van der Waals surface area (Å²) >= 11 is 0. The van der Waals surface area contributed by atoms with E-state index in [1.165, 1.54) is 24.3 Å². The van der Waals surface area contributed by atoms with E-state index in [-0.39, 0.29) is 5.69 Å². The molecule has 0 aliphatic carbocycles. The Morgan fingerprint density at radius 3 is 2.30 bits per heavy atom. The highest BCUT2D eigenvalue weighted by atomic mass is 19.1. The fraction of sp³-hybridized carbons (Fsp3) is 0.0435. The van der Waals surface area contributed by atoms with Crippen LogP contribution < -0.4 is 21.6 Å². The van der Waals surface area contributed by atoms with E-state index in [0.717, 1.165) is 5.56 Å². The molecule has 0 bridgehead atoms. The predicted octanol–water partition coefficient (Wildman–Crippen LogP) is 5.19. The topological polar surface area (TPSA) is 83.4 Å². The van der Waals surface area contributed by atoms with Crippen LogP contribution in [0.25, 0.3) is 11.0 Å². The summed E-state index contributed by atoms with van der Waals surface area (Å²) in [5.74, 6) is -0.413. The lowest BCUT2D eigenvalue weighted by atomic mass is 10.1. The van der Waals surface area contributed by atoms with Crippen LogP contribution in [0.5, 0.6) is 0 Å². The lowest BCUT2D eigenvalue weighted by Gasteiger charge is -2.15. The largest absolute Gasteiger partial charge is 0.421 e. The van der Waals surface area contributed by atoms with Gasteiger partial charge in [0.1, 0.15) is 11.4 Å². The van der Waals surface area contributed by atoms with Crippen LogP contribution in [0.2, 0.25) is 0 Å². The van der Waals surface area contributed by atoms with Crippen LogP contribution in [0.15, 0.2) is 88.1 Å². The number of hydrogen-bond acceptors (Lipinski definition) is 4. The number of anilines is 3. The molecule has 4 aromatic rings. The Morgan fingerprint density at radius 2 is 1.53 bits per heavy atom. The number of urea groups is 1. The van der Waals surface area contributed by atoms with Crippen molar-refractivity contribution in [2.24, 2.45) is 0 Å². The second-order valence-corrected chi connectivity index (χ2v) is 6.56. The first-order valence-corrected chi connectivity index (χ1v) is 9.27. The molecule has 0 atom stereocenters. The van der Waals surface area contributed by atoms with E-state index in [1.54, 1.807) is 18.2 Å². The van der Waals surface area contributed by atoms with Gasteiger partial charge in [0.15, 0.2) is 5.69 Å². The summed E-state index contributed by atoms with van der Waals surface area (Å²) in [6.45, 7) is 0.447. The van der Waals surface area contributed by atoms with E-state index in [0.29, 0.717) is 28.9 Å². The fourth-order valence-electron chi connectivity index (χ4n) is 3.04. The normalized spacial score (nSPS) is 10.6. The predicted molar refractivity (Wildman–Crippen MR) is 115 cm³/mol. The van der Waals surface area contributed by atoms with Gasteiger partial charge >= 0.3 is 11.7 Å². The minimum atomic E-state index is -0.682. The zero-order chi connectivity index (χ0) is 20.9. The third-order valence-electron chi connectivity index (χ3n) is 4.47. The van der Waals surface area contributed by atoms with Crippen LogP contribution in [0.3, 0.4) is 0 Å². The Hall–Kier alpha value is -4.13. The van der Waals surface area contributed by atoms with Crippen molar-refractivity contribution < 1.29 is 13.6 Å².